The Labute approximate surface area is 209 Å². The molecule has 0 saturated carbocycles. The Kier molecular flexibility index (Phi) is 8.48. The van der Waals surface area contributed by atoms with Gasteiger partial charge in [0.15, 0.2) is 5.82 Å². The van der Waals surface area contributed by atoms with Gasteiger partial charge in [0.05, 0.1) is 19.0 Å². The maximum atomic E-state index is 15.1. The van der Waals surface area contributed by atoms with E-state index < -0.39 is 23.1 Å². The first kappa shape index (κ1) is 26.0. The van der Waals surface area contributed by atoms with E-state index in [-0.39, 0.29) is 0 Å². The third-order valence-electron chi connectivity index (χ3n) is 6.74. The van der Waals surface area contributed by atoms with Crippen LogP contribution in [-0.4, -0.2) is 73.8 Å². The summed E-state index contributed by atoms with van der Waals surface area (Å²) < 4.78 is 48.4. The molecule has 1 aromatic heterocycles. The van der Waals surface area contributed by atoms with E-state index in [1.165, 1.54) is 30.9 Å². The highest BCUT2D eigenvalue weighted by Gasteiger charge is 2.44. The van der Waals surface area contributed by atoms with Crippen LogP contribution in [0.5, 0.6) is 0 Å². The summed E-state index contributed by atoms with van der Waals surface area (Å²) in [5, 5.41) is 0. The van der Waals surface area contributed by atoms with Crippen LogP contribution in [0.15, 0.2) is 53.2 Å². The molecule has 0 amide bonds. The summed E-state index contributed by atoms with van der Waals surface area (Å²) in [5.41, 5.74) is -0.709. The van der Waals surface area contributed by atoms with E-state index in [0.717, 1.165) is 32.2 Å². The molecule has 10 heteroatoms. The molecular formula is C26H31F3N6O. The van der Waals surface area contributed by atoms with E-state index in [0.29, 0.717) is 49.3 Å². The molecule has 0 N–H and O–H groups in total. The fourth-order valence-electron chi connectivity index (χ4n) is 5.24. The SMILES string of the molecule is C=CCC(CN1CC2CN(c3ncc(F)cn3)CC2C1)(OCCC=NC=NC)c1ccc(F)cc1F. The van der Waals surface area contributed by atoms with Gasteiger partial charge < -0.3 is 9.64 Å². The topological polar surface area (TPSA) is 66.2 Å². The van der Waals surface area contributed by atoms with E-state index in [9.17, 15) is 8.78 Å². The van der Waals surface area contributed by atoms with Gasteiger partial charge in [-0.25, -0.2) is 28.1 Å². The number of anilines is 1. The minimum absolute atomic E-state index is 0.308. The lowest BCUT2D eigenvalue weighted by molar-refractivity contribution is -0.0670. The average Bonchev–Trinajstić information content (AvgIpc) is 3.40. The first-order valence-electron chi connectivity index (χ1n) is 12.0. The van der Waals surface area contributed by atoms with Crippen molar-refractivity contribution in [2.45, 2.75) is 18.4 Å². The van der Waals surface area contributed by atoms with Gasteiger partial charge in [-0.3, -0.25) is 9.89 Å². The van der Waals surface area contributed by atoms with Crippen LogP contribution in [0.3, 0.4) is 0 Å². The molecule has 1 aromatic carbocycles. The lowest BCUT2D eigenvalue weighted by Gasteiger charge is -2.38. The first-order valence-corrected chi connectivity index (χ1v) is 12.0. The van der Waals surface area contributed by atoms with E-state index in [1.807, 2.05) is 0 Å². The Bertz CT molecular complexity index is 1080. The Morgan fingerprint density at radius 1 is 1.11 bits per heavy atom. The number of likely N-dealkylation sites (tertiary alicyclic amines) is 1. The van der Waals surface area contributed by atoms with Crippen molar-refractivity contribution >= 4 is 18.5 Å². The number of ether oxygens (including phenoxy) is 1. The summed E-state index contributed by atoms with van der Waals surface area (Å²) in [5.74, 6) is -0.445. The van der Waals surface area contributed by atoms with E-state index in [4.69, 9.17) is 4.74 Å². The molecule has 4 rings (SSSR count). The summed E-state index contributed by atoms with van der Waals surface area (Å²) in [6.45, 7) is 7.75. The standard InChI is InChI=1S/C26H31F3N6O/c1-3-7-26(36-9-4-8-31-18-30-2,23-6-5-21(27)10-24(23)29)17-34-13-19-15-35(16-20(19)14-34)25-32-11-22(28)12-33-25/h3,5-6,8,10-12,18-20H,1,4,7,9,13-17H2,2H3. The van der Waals surface area contributed by atoms with Gasteiger partial charge in [0.2, 0.25) is 5.95 Å². The molecule has 2 aliphatic rings. The van der Waals surface area contributed by atoms with Crippen molar-refractivity contribution in [1.82, 2.24) is 14.9 Å². The molecule has 192 valence electrons. The highest BCUT2D eigenvalue weighted by atomic mass is 19.1. The number of fused-ring (bicyclic) bond motifs is 1. The van der Waals surface area contributed by atoms with Crippen LogP contribution in [0.2, 0.25) is 0 Å². The van der Waals surface area contributed by atoms with Crippen LogP contribution in [0.25, 0.3) is 0 Å². The molecule has 7 nitrogen and oxygen atoms in total. The number of aromatic nitrogens is 2. The molecule has 0 spiro atoms. The van der Waals surface area contributed by atoms with E-state index in [2.05, 4.69) is 36.3 Å². The second-order valence-corrected chi connectivity index (χ2v) is 9.27. The van der Waals surface area contributed by atoms with Crippen molar-refractivity contribution in [2.75, 3.05) is 51.3 Å². The molecule has 2 saturated heterocycles. The zero-order valence-electron chi connectivity index (χ0n) is 20.4. The zero-order valence-corrected chi connectivity index (χ0v) is 20.4. The Morgan fingerprint density at radius 2 is 1.83 bits per heavy atom. The second-order valence-electron chi connectivity index (χ2n) is 9.27. The quantitative estimate of drug-likeness (QED) is 0.203. The second kappa shape index (κ2) is 11.7. The molecule has 36 heavy (non-hydrogen) atoms. The van der Waals surface area contributed by atoms with Crippen LogP contribution in [0, 0.1) is 29.3 Å². The molecule has 3 atom stereocenters. The molecule has 3 heterocycles. The molecule has 0 bridgehead atoms. The monoisotopic (exact) mass is 500 g/mol. The molecule has 2 fully saturated rings. The van der Waals surface area contributed by atoms with Crippen LogP contribution in [0.4, 0.5) is 19.1 Å². The minimum atomic E-state index is -1.02. The van der Waals surface area contributed by atoms with E-state index in [1.54, 1.807) is 19.3 Å². The molecule has 3 unspecified atom stereocenters. The van der Waals surface area contributed by atoms with Crippen molar-refractivity contribution in [3.63, 3.8) is 0 Å². The normalized spacial score (nSPS) is 21.9. The van der Waals surface area contributed by atoms with Gasteiger partial charge in [0.1, 0.15) is 23.6 Å². The maximum absolute atomic E-state index is 15.1. The van der Waals surface area contributed by atoms with Gasteiger partial charge in [-0.05, 0) is 24.3 Å². The number of hydrogen-bond acceptors (Lipinski definition) is 6. The van der Waals surface area contributed by atoms with Gasteiger partial charge in [0, 0.05) is 64.0 Å². The number of halogens is 3. The predicted octanol–water partition coefficient (Wildman–Crippen LogP) is 3.87. The fourth-order valence-corrected chi connectivity index (χ4v) is 5.24. The summed E-state index contributed by atoms with van der Waals surface area (Å²) in [6.07, 6.45) is 8.10. The number of aliphatic imine (C=N–C) groups is 2. The Morgan fingerprint density at radius 3 is 2.47 bits per heavy atom. The predicted molar refractivity (Wildman–Crippen MR) is 134 cm³/mol. The zero-order chi connectivity index (χ0) is 25.5. The van der Waals surface area contributed by atoms with Crippen LogP contribution >= 0.6 is 0 Å². The largest absolute Gasteiger partial charge is 0.368 e. The van der Waals surface area contributed by atoms with Gasteiger partial charge in [-0.15, -0.1) is 6.58 Å². The smallest absolute Gasteiger partial charge is 0.225 e. The third-order valence-corrected chi connectivity index (χ3v) is 6.74. The van der Waals surface area contributed by atoms with Crippen LogP contribution in [0.1, 0.15) is 18.4 Å². The minimum Gasteiger partial charge on any atom is -0.368 e. The van der Waals surface area contributed by atoms with Crippen molar-refractivity contribution in [3.05, 3.63) is 66.3 Å². The van der Waals surface area contributed by atoms with Gasteiger partial charge in [-0.1, -0.05) is 12.1 Å². The summed E-state index contributed by atoms with van der Waals surface area (Å²) in [4.78, 5) is 20.4. The fraction of sp³-hybridized carbons (Fsp3) is 0.462. The van der Waals surface area contributed by atoms with Gasteiger partial charge >= 0.3 is 0 Å². The molecule has 2 aromatic rings. The molecular weight excluding hydrogens is 469 g/mol. The number of rotatable bonds is 11. The van der Waals surface area contributed by atoms with Gasteiger partial charge in [0.25, 0.3) is 0 Å². The van der Waals surface area contributed by atoms with Crippen molar-refractivity contribution in [2.24, 2.45) is 21.8 Å². The van der Waals surface area contributed by atoms with Crippen LogP contribution < -0.4 is 4.90 Å². The maximum Gasteiger partial charge on any atom is 0.225 e. The molecule has 2 aliphatic heterocycles. The summed E-state index contributed by atoms with van der Waals surface area (Å²) in [6, 6.07) is 3.63. The van der Waals surface area contributed by atoms with Crippen molar-refractivity contribution < 1.29 is 17.9 Å². The van der Waals surface area contributed by atoms with Crippen molar-refractivity contribution in [1.29, 1.82) is 0 Å². The Balaban J connectivity index is 1.49. The molecule has 0 aliphatic carbocycles. The van der Waals surface area contributed by atoms with Gasteiger partial charge in [-0.2, -0.15) is 0 Å². The Hall–Kier alpha value is -3.11. The average molecular weight is 501 g/mol. The third kappa shape index (κ3) is 5.99. The first-order chi connectivity index (χ1) is 17.4. The number of nitrogens with zero attached hydrogens (tertiary/aromatic N) is 6. The highest BCUT2D eigenvalue weighted by molar-refractivity contribution is 5.71. The van der Waals surface area contributed by atoms with Crippen LogP contribution in [-0.2, 0) is 10.3 Å². The summed E-state index contributed by atoms with van der Waals surface area (Å²) in [7, 11) is 1.64. The summed E-state index contributed by atoms with van der Waals surface area (Å²) >= 11 is 0. The lowest BCUT2D eigenvalue weighted by atomic mass is 9.88. The lowest BCUT2D eigenvalue weighted by Crippen LogP contribution is -2.44. The van der Waals surface area contributed by atoms with Crippen molar-refractivity contribution in [3.8, 4) is 0 Å². The number of hydrogen-bond donors (Lipinski definition) is 0. The highest BCUT2D eigenvalue weighted by Crippen LogP contribution is 2.38. The number of benzene rings is 1. The van der Waals surface area contributed by atoms with E-state index >= 15 is 4.39 Å². The molecule has 0 radical (unpaired) electrons.